The lowest BCUT2D eigenvalue weighted by molar-refractivity contribution is -0.384. The van der Waals surface area contributed by atoms with Crippen LogP contribution in [0, 0.1) is 10.1 Å². The molecule has 0 atom stereocenters. The third-order valence-electron chi connectivity index (χ3n) is 2.50. The van der Waals surface area contributed by atoms with E-state index in [2.05, 4.69) is 10.6 Å². The number of hydrogen-bond acceptors (Lipinski definition) is 4. The van der Waals surface area contributed by atoms with E-state index in [1.165, 1.54) is 17.0 Å². The molecule has 0 heterocycles. The minimum atomic E-state index is -0.607. The van der Waals surface area contributed by atoms with Crippen LogP contribution in [0.5, 0.6) is 0 Å². The number of halogens is 1. The summed E-state index contributed by atoms with van der Waals surface area (Å²) < 4.78 is 0. The van der Waals surface area contributed by atoms with Crippen LogP contribution in [0.2, 0.25) is 5.02 Å². The highest BCUT2D eigenvalue weighted by Crippen LogP contribution is 2.21. The Hall–Kier alpha value is -2.35. The number of nitro benzene ring substituents is 1. The molecule has 0 aliphatic carbocycles. The Labute approximate surface area is 126 Å². The summed E-state index contributed by atoms with van der Waals surface area (Å²) in [7, 11) is 3.19. The molecule has 0 radical (unpaired) electrons. The fourth-order valence-electron chi connectivity index (χ4n) is 1.40. The van der Waals surface area contributed by atoms with E-state index in [1.54, 1.807) is 14.1 Å². The SMILES string of the molecule is CN(C)C(=O)NCCNC(=O)c1cc([N+](=O)[O-])ccc1Cl. The lowest BCUT2D eigenvalue weighted by atomic mass is 10.2. The molecule has 8 nitrogen and oxygen atoms in total. The van der Waals surface area contributed by atoms with Crippen LogP contribution in [-0.4, -0.2) is 48.9 Å². The minimum absolute atomic E-state index is 0.0183. The van der Waals surface area contributed by atoms with Crippen LogP contribution in [-0.2, 0) is 0 Å². The van der Waals surface area contributed by atoms with E-state index >= 15 is 0 Å². The van der Waals surface area contributed by atoms with E-state index in [-0.39, 0.29) is 35.4 Å². The summed E-state index contributed by atoms with van der Waals surface area (Å²) in [6.07, 6.45) is 0. The van der Waals surface area contributed by atoms with Crippen molar-refractivity contribution < 1.29 is 14.5 Å². The lowest BCUT2D eigenvalue weighted by Gasteiger charge is -2.12. The summed E-state index contributed by atoms with van der Waals surface area (Å²) in [5.74, 6) is -0.539. The Morgan fingerprint density at radius 1 is 1.29 bits per heavy atom. The zero-order valence-electron chi connectivity index (χ0n) is 11.6. The van der Waals surface area contributed by atoms with Crippen molar-refractivity contribution >= 4 is 29.2 Å². The number of hydrogen-bond donors (Lipinski definition) is 2. The van der Waals surface area contributed by atoms with Gasteiger partial charge in [0.05, 0.1) is 15.5 Å². The largest absolute Gasteiger partial charge is 0.350 e. The summed E-state index contributed by atoms with van der Waals surface area (Å²) in [4.78, 5) is 34.5. The summed E-state index contributed by atoms with van der Waals surface area (Å²) in [5.41, 5.74) is -0.199. The fraction of sp³-hybridized carbons (Fsp3) is 0.333. The number of urea groups is 1. The van der Waals surface area contributed by atoms with Gasteiger partial charge in [-0.05, 0) is 6.07 Å². The molecule has 1 rings (SSSR count). The van der Waals surface area contributed by atoms with E-state index in [0.717, 1.165) is 6.07 Å². The Morgan fingerprint density at radius 3 is 2.48 bits per heavy atom. The van der Waals surface area contributed by atoms with Crippen molar-refractivity contribution in [1.82, 2.24) is 15.5 Å². The molecule has 0 spiro atoms. The second-order valence-corrected chi connectivity index (χ2v) is 4.71. The molecule has 21 heavy (non-hydrogen) atoms. The standard InChI is InChI=1S/C12H15ClN4O4/c1-16(2)12(19)15-6-5-14-11(18)9-7-8(17(20)21)3-4-10(9)13/h3-4,7H,5-6H2,1-2H3,(H,14,18)(H,15,19). The van der Waals surface area contributed by atoms with Gasteiger partial charge in [-0.25, -0.2) is 4.79 Å². The molecule has 0 aliphatic rings. The number of carbonyl (C=O) groups excluding carboxylic acids is 2. The molecule has 1 aromatic rings. The molecular formula is C12H15ClN4O4. The van der Waals surface area contributed by atoms with Crippen molar-refractivity contribution in [3.8, 4) is 0 Å². The third kappa shape index (κ3) is 4.92. The van der Waals surface area contributed by atoms with Gasteiger partial charge in [-0.15, -0.1) is 0 Å². The monoisotopic (exact) mass is 314 g/mol. The number of rotatable bonds is 5. The fourth-order valence-corrected chi connectivity index (χ4v) is 1.60. The highest BCUT2D eigenvalue weighted by molar-refractivity contribution is 6.33. The molecule has 0 unspecified atom stereocenters. The number of nitrogens with one attached hydrogen (secondary N) is 2. The van der Waals surface area contributed by atoms with Crippen LogP contribution >= 0.6 is 11.6 Å². The predicted octanol–water partition coefficient (Wildman–Crippen LogP) is 1.25. The van der Waals surface area contributed by atoms with Gasteiger partial charge >= 0.3 is 6.03 Å². The first-order valence-corrected chi connectivity index (χ1v) is 6.38. The zero-order valence-corrected chi connectivity index (χ0v) is 12.3. The van der Waals surface area contributed by atoms with Crippen LogP contribution in [0.15, 0.2) is 18.2 Å². The molecule has 9 heteroatoms. The van der Waals surface area contributed by atoms with Crippen molar-refractivity contribution in [2.75, 3.05) is 27.2 Å². The maximum Gasteiger partial charge on any atom is 0.316 e. The average molecular weight is 315 g/mol. The topological polar surface area (TPSA) is 105 Å². The van der Waals surface area contributed by atoms with Gasteiger partial charge in [0.15, 0.2) is 0 Å². The van der Waals surface area contributed by atoms with Crippen molar-refractivity contribution in [3.05, 3.63) is 38.9 Å². The van der Waals surface area contributed by atoms with Gasteiger partial charge in [0.2, 0.25) is 0 Å². The lowest BCUT2D eigenvalue weighted by Crippen LogP contribution is -2.39. The van der Waals surface area contributed by atoms with Gasteiger partial charge < -0.3 is 15.5 Å². The minimum Gasteiger partial charge on any atom is -0.350 e. The first-order valence-electron chi connectivity index (χ1n) is 6.00. The number of benzene rings is 1. The molecule has 0 aliphatic heterocycles. The Kier molecular flexibility index (Phi) is 5.92. The van der Waals surface area contributed by atoms with Crippen LogP contribution in [0.3, 0.4) is 0 Å². The molecule has 2 N–H and O–H groups in total. The van der Waals surface area contributed by atoms with Gasteiger partial charge in [0, 0.05) is 39.3 Å². The molecule has 0 saturated heterocycles. The number of non-ortho nitro benzene ring substituents is 1. The van der Waals surface area contributed by atoms with Crippen molar-refractivity contribution in [1.29, 1.82) is 0 Å². The van der Waals surface area contributed by atoms with Crippen molar-refractivity contribution in [2.24, 2.45) is 0 Å². The highest BCUT2D eigenvalue weighted by atomic mass is 35.5. The van der Waals surface area contributed by atoms with Gasteiger partial charge in [0.1, 0.15) is 0 Å². The van der Waals surface area contributed by atoms with Gasteiger partial charge in [-0.1, -0.05) is 11.6 Å². The van der Waals surface area contributed by atoms with Crippen LogP contribution in [0.4, 0.5) is 10.5 Å². The quantitative estimate of drug-likeness (QED) is 0.485. The molecule has 1 aromatic carbocycles. The maximum absolute atomic E-state index is 11.9. The summed E-state index contributed by atoms with van der Waals surface area (Å²) >= 11 is 5.84. The molecule has 0 aromatic heterocycles. The molecular weight excluding hydrogens is 300 g/mol. The second kappa shape index (κ2) is 7.44. The second-order valence-electron chi connectivity index (χ2n) is 4.30. The van der Waals surface area contributed by atoms with Crippen LogP contribution in [0.25, 0.3) is 0 Å². The highest BCUT2D eigenvalue weighted by Gasteiger charge is 2.15. The molecule has 114 valence electrons. The molecule has 0 bridgehead atoms. The van der Waals surface area contributed by atoms with E-state index in [4.69, 9.17) is 11.6 Å². The number of nitrogens with zero attached hydrogens (tertiary/aromatic N) is 2. The summed E-state index contributed by atoms with van der Waals surface area (Å²) in [6.45, 7) is 0.409. The predicted molar refractivity (Wildman–Crippen MR) is 77.5 cm³/mol. The van der Waals surface area contributed by atoms with E-state index in [0.29, 0.717) is 0 Å². The van der Waals surface area contributed by atoms with Crippen molar-refractivity contribution in [3.63, 3.8) is 0 Å². The first kappa shape index (κ1) is 16.7. The Morgan fingerprint density at radius 2 is 1.90 bits per heavy atom. The van der Waals surface area contributed by atoms with E-state index in [9.17, 15) is 19.7 Å². The summed E-state index contributed by atoms with van der Waals surface area (Å²) in [6, 6.07) is 3.34. The van der Waals surface area contributed by atoms with E-state index < -0.39 is 10.8 Å². The van der Waals surface area contributed by atoms with Gasteiger partial charge in [-0.3, -0.25) is 14.9 Å². The van der Waals surface area contributed by atoms with Gasteiger partial charge in [0.25, 0.3) is 11.6 Å². The smallest absolute Gasteiger partial charge is 0.316 e. The number of amides is 3. The van der Waals surface area contributed by atoms with E-state index in [1.807, 2.05) is 0 Å². The number of carbonyl (C=O) groups is 2. The normalized spacial score (nSPS) is 9.86. The molecule has 0 fully saturated rings. The van der Waals surface area contributed by atoms with Gasteiger partial charge in [-0.2, -0.15) is 0 Å². The van der Waals surface area contributed by atoms with Crippen LogP contribution in [0.1, 0.15) is 10.4 Å². The van der Waals surface area contributed by atoms with Crippen molar-refractivity contribution in [2.45, 2.75) is 0 Å². The molecule has 0 saturated carbocycles. The molecule has 3 amide bonds. The average Bonchev–Trinajstić information content (AvgIpc) is 2.43. The first-order chi connectivity index (χ1) is 9.82. The Balaban J connectivity index is 2.58. The number of nitro groups is 1. The van der Waals surface area contributed by atoms with Crippen LogP contribution < -0.4 is 10.6 Å². The Bertz CT molecular complexity index is 562. The zero-order chi connectivity index (χ0) is 16.0. The summed E-state index contributed by atoms with van der Waals surface area (Å²) in [5, 5.41) is 15.9. The third-order valence-corrected chi connectivity index (χ3v) is 2.83. The maximum atomic E-state index is 11.9.